The van der Waals surface area contributed by atoms with Crippen molar-refractivity contribution in [2.75, 3.05) is 26.4 Å². The van der Waals surface area contributed by atoms with Crippen molar-refractivity contribution in [1.82, 2.24) is 0 Å². The summed E-state index contributed by atoms with van der Waals surface area (Å²) in [5, 5.41) is 10.9. The molecule has 0 spiro atoms. The number of esters is 4. The number of unbranched alkanes of at least 4 members (excludes halogenated alkanes) is 6. The first kappa shape index (κ1) is 46.7. The summed E-state index contributed by atoms with van der Waals surface area (Å²) >= 11 is 0. The molecule has 0 heterocycles. The van der Waals surface area contributed by atoms with E-state index in [4.69, 9.17) is 28.4 Å². The fourth-order valence-corrected chi connectivity index (χ4v) is 6.13. The molecule has 0 aliphatic heterocycles. The topological polar surface area (TPSA) is 148 Å². The number of hydrogen-bond acceptors (Lipinski definition) is 12. The van der Waals surface area contributed by atoms with Crippen LogP contribution in [0.2, 0.25) is 0 Å². The molecule has 0 aliphatic rings. The SMILES string of the molecule is C=CC(=O)OCCCCCCOc1ccc(C(=O)Oc2ccc(OC(=O)c3ccc(OCCCCCCOC(=O)C=C)cc3)c(C(C)=NN=Cc3ccc4ccccc4c3)c2)cc1. The molecule has 0 radical (unpaired) electrons. The van der Waals surface area contributed by atoms with Crippen molar-refractivity contribution in [3.8, 4) is 23.0 Å². The Kier molecular flexibility index (Phi) is 18.9. The van der Waals surface area contributed by atoms with Crippen LogP contribution in [0.25, 0.3) is 10.8 Å². The van der Waals surface area contributed by atoms with Crippen LogP contribution in [0.4, 0.5) is 0 Å². The van der Waals surface area contributed by atoms with Crippen molar-refractivity contribution < 1.29 is 47.6 Å². The van der Waals surface area contributed by atoms with Gasteiger partial charge in [-0.15, -0.1) is 0 Å². The number of fused-ring (bicyclic) bond motifs is 1. The van der Waals surface area contributed by atoms with Gasteiger partial charge in [0.05, 0.1) is 49.5 Å². The van der Waals surface area contributed by atoms with Crippen LogP contribution in [0.15, 0.2) is 145 Å². The number of carbonyl (C=O) groups excluding carboxylic acids is 4. The van der Waals surface area contributed by atoms with Gasteiger partial charge in [0.1, 0.15) is 23.0 Å². The molecule has 0 saturated heterocycles. The molecule has 63 heavy (non-hydrogen) atoms. The second-order valence-corrected chi connectivity index (χ2v) is 14.3. The Hall–Kier alpha value is -7.34. The molecule has 0 aliphatic carbocycles. The lowest BCUT2D eigenvalue weighted by Crippen LogP contribution is -2.12. The first-order valence-electron chi connectivity index (χ1n) is 20.9. The van der Waals surface area contributed by atoms with Crippen LogP contribution in [-0.4, -0.2) is 62.2 Å². The molecule has 0 saturated carbocycles. The first-order valence-corrected chi connectivity index (χ1v) is 20.9. The number of carbonyl (C=O) groups is 4. The van der Waals surface area contributed by atoms with Gasteiger partial charge in [0.15, 0.2) is 0 Å². The van der Waals surface area contributed by atoms with E-state index in [1.54, 1.807) is 79.9 Å². The smallest absolute Gasteiger partial charge is 0.343 e. The van der Waals surface area contributed by atoms with E-state index in [-0.39, 0.29) is 11.5 Å². The predicted molar refractivity (Wildman–Crippen MR) is 243 cm³/mol. The summed E-state index contributed by atoms with van der Waals surface area (Å²) in [4.78, 5) is 48.9. The molecule has 5 rings (SSSR count). The van der Waals surface area contributed by atoms with Crippen LogP contribution < -0.4 is 18.9 Å². The van der Waals surface area contributed by atoms with E-state index in [2.05, 4.69) is 23.4 Å². The normalized spacial score (nSPS) is 11.2. The summed E-state index contributed by atoms with van der Waals surface area (Å²) in [5.41, 5.74) is 2.28. The van der Waals surface area contributed by atoms with Crippen LogP contribution in [0, 0.1) is 0 Å². The number of benzene rings is 5. The number of ether oxygens (including phenoxy) is 6. The molecule has 5 aromatic rings. The summed E-state index contributed by atoms with van der Waals surface area (Å²) in [6.45, 7) is 10.2. The standard InChI is InChI=1S/C51H52N2O10/c1-4-48(54)60-32-14-8-6-12-30-58-43-24-20-40(21-25-43)50(56)62-45-28-29-47(46(35-45)37(3)53-52-36-38-18-19-39-16-10-11-17-42(39)34-38)63-51(57)41-22-26-44(27-23-41)59-31-13-7-9-15-33-61-49(55)5-2/h4-5,10-11,16-29,34-36H,1-2,6-9,12-15,30-33H2,3H3. The molecule has 0 aromatic heterocycles. The summed E-state index contributed by atoms with van der Waals surface area (Å²) in [5.74, 6) is -0.398. The number of hydrogen-bond donors (Lipinski definition) is 0. The molecule has 5 aromatic carbocycles. The second kappa shape index (κ2) is 25.4. The van der Waals surface area contributed by atoms with Gasteiger partial charge in [-0.3, -0.25) is 0 Å². The van der Waals surface area contributed by atoms with Gasteiger partial charge in [-0.05, 0) is 147 Å². The highest BCUT2D eigenvalue weighted by atomic mass is 16.5. The van der Waals surface area contributed by atoms with E-state index < -0.39 is 23.9 Å². The largest absolute Gasteiger partial charge is 0.494 e. The lowest BCUT2D eigenvalue weighted by Gasteiger charge is -2.13. The zero-order valence-corrected chi connectivity index (χ0v) is 35.5. The third kappa shape index (κ3) is 15.9. The number of rotatable bonds is 25. The summed E-state index contributed by atoms with van der Waals surface area (Å²) in [6, 6.07) is 32.0. The predicted octanol–water partition coefficient (Wildman–Crippen LogP) is 10.5. The Morgan fingerprint density at radius 2 is 1.05 bits per heavy atom. The Bertz CT molecular complexity index is 2390. The highest BCUT2D eigenvalue weighted by Crippen LogP contribution is 2.28. The Labute approximate surface area is 367 Å². The van der Waals surface area contributed by atoms with E-state index in [0.29, 0.717) is 60.3 Å². The van der Waals surface area contributed by atoms with Crippen molar-refractivity contribution in [3.63, 3.8) is 0 Å². The van der Waals surface area contributed by atoms with Gasteiger partial charge in [-0.2, -0.15) is 10.2 Å². The highest BCUT2D eigenvalue weighted by Gasteiger charge is 2.17. The average Bonchev–Trinajstić information content (AvgIpc) is 3.31. The zero-order chi connectivity index (χ0) is 44.7. The fraction of sp³-hybridized carbons (Fsp3) is 0.255. The van der Waals surface area contributed by atoms with Gasteiger partial charge >= 0.3 is 23.9 Å². The molecule has 0 N–H and O–H groups in total. The van der Waals surface area contributed by atoms with E-state index in [0.717, 1.165) is 79.9 Å². The van der Waals surface area contributed by atoms with Crippen LogP contribution in [0.5, 0.6) is 23.0 Å². The summed E-state index contributed by atoms with van der Waals surface area (Å²) < 4.78 is 33.3. The Morgan fingerprint density at radius 1 is 0.540 bits per heavy atom. The highest BCUT2D eigenvalue weighted by molar-refractivity contribution is 6.03. The van der Waals surface area contributed by atoms with Crippen molar-refractivity contribution in [2.24, 2.45) is 10.2 Å². The molecule has 12 nitrogen and oxygen atoms in total. The maximum Gasteiger partial charge on any atom is 0.343 e. The van der Waals surface area contributed by atoms with Crippen LogP contribution in [0.3, 0.4) is 0 Å². The lowest BCUT2D eigenvalue weighted by molar-refractivity contribution is -0.138. The van der Waals surface area contributed by atoms with E-state index >= 15 is 0 Å². The second-order valence-electron chi connectivity index (χ2n) is 14.3. The Balaban J connectivity index is 1.20. The van der Waals surface area contributed by atoms with Gasteiger partial charge < -0.3 is 28.4 Å². The van der Waals surface area contributed by atoms with Gasteiger partial charge in [0, 0.05) is 17.7 Å². The third-order valence-electron chi connectivity index (χ3n) is 9.56. The molecule has 326 valence electrons. The molecule has 0 bridgehead atoms. The summed E-state index contributed by atoms with van der Waals surface area (Å²) in [7, 11) is 0. The molecule has 0 amide bonds. The molecular weight excluding hydrogens is 801 g/mol. The van der Waals surface area contributed by atoms with E-state index in [1.165, 1.54) is 0 Å². The van der Waals surface area contributed by atoms with E-state index in [1.807, 2.05) is 42.5 Å². The third-order valence-corrected chi connectivity index (χ3v) is 9.56. The van der Waals surface area contributed by atoms with Crippen molar-refractivity contribution in [1.29, 1.82) is 0 Å². The zero-order valence-electron chi connectivity index (χ0n) is 35.5. The quantitative estimate of drug-likeness (QED) is 0.0139. The van der Waals surface area contributed by atoms with Gasteiger partial charge in [-0.25, -0.2) is 19.2 Å². The van der Waals surface area contributed by atoms with Crippen LogP contribution >= 0.6 is 0 Å². The fourth-order valence-electron chi connectivity index (χ4n) is 6.13. The average molecular weight is 853 g/mol. The van der Waals surface area contributed by atoms with Crippen LogP contribution in [0.1, 0.15) is 90.1 Å². The molecule has 0 unspecified atom stereocenters. The van der Waals surface area contributed by atoms with Crippen LogP contribution in [-0.2, 0) is 19.1 Å². The van der Waals surface area contributed by atoms with Gasteiger partial charge in [-0.1, -0.05) is 49.6 Å². The van der Waals surface area contributed by atoms with Gasteiger partial charge in [0.25, 0.3) is 0 Å². The minimum absolute atomic E-state index is 0.194. The minimum Gasteiger partial charge on any atom is -0.494 e. The summed E-state index contributed by atoms with van der Waals surface area (Å²) in [6.07, 6.45) is 10.8. The van der Waals surface area contributed by atoms with Crippen molar-refractivity contribution in [2.45, 2.75) is 58.3 Å². The molecular formula is C51H52N2O10. The van der Waals surface area contributed by atoms with Gasteiger partial charge in [0.2, 0.25) is 0 Å². The number of nitrogens with zero attached hydrogens (tertiary/aromatic N) is 2. The lowest BCUT2D eigenvalue weighted by atomic mass is 10.1. The van der Waals surface area contributed by atoms with E-state index in [9.17, 15) is 19.2 Å². The molecule has 0 fully saturated rings. The maximum absolute atomic E-state index is 13.4. The monoisotopic (exact) mass is 852 g/mol. The Morgan fingerprint density at radius 3 is 1.60 bits per heavy atom. The van der Waals surface area contributed by atoms with Crippen molar-refractivity contribution >= 4 is 46.6 Å². The minimum atomic E-state index is -0.606. The maximum atomic E-state index is 13.4. The molecule has 0 atom stereocenters. The first-order chi connectivity index (χ1) is 30.7. The van der Waals surface area contributed by atoms with Crippen molar-refractivity contribution in [3.05, 3.63) is 157 Å². The molecule has 12 heteroatoms.